The number of anilines is 1. The molecule has 0 bridgehead atoms. The lowest BCUT2D eigenvalue weighted by molar-refractivity contribution is -0.155. The van der Waals surface area contributed by atoms with Gasteiger partial charge in [0.05, 0.1) is 11.8 Å². The van der Waals surface area contributed by atoms with E-state index < -0.39 is 36.0 Å². The first-order chi connectivity index (χ1) is 27.2. The monoisotopic (exact) mass is 760 g/mol. The first kappa shape index (κ1) is 38.9. The van der Waals surface area contributed by atoms with Gasteiger partial charge in [-0.15, -0.1) is 4.68 Å². The van der Waals surface area contributed by atoms with Crippen LogP contribution in [0.1, 0.15) is 44.2 Å². The molecule has 6 rings (SSSR count). The van der Waals surface area contributed by atoms with E-state index in [1.165, 1.54) is 0 Å². The number of ether oxygens (including phenoxy) is 2. The zero-order chi connectivity index (χ0) is 39.4. The Labute approximate surface area is 324 Å². The maximum absolute atomic E-state index is 14.6. The number of aromatic nitrogens is 4. The molecule has 3 N–H and O–H groups in total. The van der Waals surface area contributed by atoms with Crippen LogP contribution in [0.5, 0.6) is 23.0 Å². The van der Waals surface area contributed by atoms with E-state index in [4.69, 9.17) is 9.47 Å². The number of hydrogen-bond donors (Lipinski definition) is 3. The predicted octanol–water partition coefficient (Wildman–Crippen LogP) is 6.79. The van der Waals surface area contributed by atoms with E-state index in [1.807, 2.05) is 123 Å². The van der Waals surface area contributed by atoms with Gasteiger partial charge in [-0.1, -0.05) is 79.6 Å². The van der Waals surface area contributed by atoms with E-state index in [1.54, 1.807) is 9.80 Å². The molecule has 0 spiro atoms. The highest BCUT2D eigenvalue weighted by Gasteiger charge is 2.52. The van der Waals surface area contributed by atoms with Crippen LogP contribution < -0.4 is 20.1 Å². The summed E-state index contributed by atoms with van der Waals surface area (Å²) in [5.41, 5.74) is 1.76. The third kappa shape index (κ3) is 9.85. The van der Waals surface area contributed by atoms with E-state index in [0.717, 1.165) is 11.1 Å². The molecule has 3 unspecified atom stereocenters. The Balaban J connectivity index is 1.19. The standard InChI is InChI=1S/C41H44N8O7/c1-3-23-47(26-28-15-19-32(20-16-28)55-30-11-7-5-8-12-30)37(50)34-25-35(42-40(52)43-39-44-45-46-49(39)41(53)54)36(34)38(51)48(24-4-2)27-29-17-21-33(22-18-29)56-31-13-9-6-10-14-31/h5-22,34-36H,3-4,23-27H2,1-2H3,(H,53,54)(H2,42,43,44,46,52). The van der Waals surface area contributed by atoms with Crippen molar-refractivity contribution in [3.05, 3.63) is 120 Å². The molecule has 0 saturated heterocycles. The minimum absolute atomic E-state index is 0.193. The van der Waals surface area contributed by atoms with Crippen LogP contribution >= 0.6 is 0 Å². The van der Waals surface area contributed by atoms with Crippen molar-refractivity contribution in [1.29, 1.82) is 0 Å². The van der Waals surface area contributed by atoms with Crippen molar-refractivity contribution >= 4 is 29.9 Å². The molecule has 1 aromatic heterocycles. The topological polar surface area (TPSA) is 181 Å². The number of amides is 4. The highest BCUT2D eigenvalue weighted by Crippen LogP contribution is 2.39. The lowest BCUT2D eigenvalue weighted by Gasteiger charge is -2.46. The first-order valence-corrected chi connectivity index (χ1v) is 18.5. The van der Waals surface area contributed by atoms with Crippen molar-refractivity contribution in [3.63, 3.8) is 0 Å². The minimum atomic E-state index is -1.49. The van der Waals surface area contributed by atoms with Crippen molar-refractivity contribution in [2.75, 3.05) is 18.4 Å². The predicted molar refractivity (Wildman–Crippen MR) is 206 cm³/mol. The number of carboxylic acid groups (broad SMARTS) is 1. The van der Waals surface area contributed by atoms with Gasteiger partial charge >= 0.3 is 12.1 Å². The minimum Gasteiger partial charge on any atom is -0.463 e. The summed E-state index contributed by atoms with van der Waals surface area (Å²) in [4.78, 5) is 57.0. The van der Waals surface area contributed by atoms with Gasteiger partial charge in [-0.05, 0) is 89.3 Å². The number of rotatable bonds is 16. The maximum atomic E-state index is 14.6. The zero-order valence-corrected chi connectivity index (χ0v) is 31.2. The summed E-state index contributed by atoms with van der Waals surface area (Å²) in [6, 6.07) is 32.3. The number of carbonyl (C=O) groups excluding carboxylic acids is 3. The largest absolute Gasteiger partial charge is 0.463 e. The second kappa shape index (κ2) is 18.5. The average molecular weight is 761 g/mol. The van der Waals surface area contributed by atoms with E-state index in [9.17, 15) is 24.3 Å². The summed E-state index contributed by atoms with van der Waals surface area (Å²) >= 11 is 0. The van der Waals surface area contributed by atoms with Crippen molar-refractivity contribution in [1.82, 2.24) is 35.3 Å². The van der Waals surface area contributed by atoms with Gasteiger partial charge in [0.15, 0.2) is 0 Å². The van der Waals surface area contributed by atoms with Crippen LogP contribution in [0.4, 0.5) is 15.5 Å². The summed E-state index contributed by atoms with van der Waals surface area (Å²) in [5, 5.41) is 24.7. The summed E-state index contributed by atoms with van der Waals surface area (Å²) < 4.78 is 12.3. The average Bonchev–Trinajstić information content (AvgIpc) is 3.66. The van der Waals surface area contributed by atoms with Crippen molar-refractivity contribution in [2.45, 2.75) is 52.2 Å². The fraction of sp³-hybridized carbons (Fsp3) is 0.293. The number of nitrogens with zero attached hydrogens (tertiary/aromatic N) is 6. The molecular formula is C41H44N8O7. The van der Waals surface area contributed by atoms with Gasteiger partial charge in [0.1, 0.15) is 23.0 Å². The molecule has 290 valence electrons. The normalized spacial score (nSPS) is 15.9. The summed E-state index contributed by atoms with van der Waals surface area (Å²) in [7, 11) is 0. The molecule has 1 aliphatic rings. The molecule has 1 aliphatic carbocycles. The first-order valence-electron chi connectivity index (χ1n) is 18.5. The van der Waals surface area contributed by atoms with E-state index in [0.29, 0.717) is 60.2 Å². The third-order valence-corrected chi connectivity index (χ3v) is 9.33. The smallest absolute Gasteiger partial charge is 0.436 e. The molecule has 1 fully saturated rings. The van der Waals surface area contributed by atoms with Gasteiger partial charge in [0.2, 0.25) is 11.8 Å². The fourth-order valence-corrected chi connectivity index (χ4v) is 6.63. The second-order valence-corrected chi connectivity index (χ2v) is 13.4. The second-order valence-electron chi connectivity index (χ2n) is 13.4. The fourth-order valence-electron chi connectivity index (χ4n) is 6.63. The van der Waals surface area contributed by atoms with Gasteiger partial charge in [-0.2, -0.15) is 0 Å². The number of urea groups is 1. The summed E-state index contributed by atoms with van der Waals surface area (Å²) in [5.74, 6) is 0.244. The Kier molecular flexibility index (Phi) is 12.9. The lowest BCUT2D eigenvalue weighted by Crippen LogP contribution is -2.62. The molecule has 15 heteroatoms. The molecule has 0 radical (unpaired) electrons. The van der Waals surface area contributed by atoms with Crippen LogP contribution in [0.15, 0.2) is 109 Å². The number of benzene rings is 4. The Bertz CT molecular complexity index is 2080. The SMILES string of the molecule is CCCN(Cc1ccc(Oc2ccccc2)cc1)C(=O)C1CC(NC(=O)Nc2nnnn2C(=O)O)C1C(=O)N(CCC)Cc1ccc(Oc2ccccc2)cc1. The van der Waals surface area contributed by atoms with Crippen molar-refractivity contribution in [2.24, 2.45) is 11.8 Å². The van der Waals surface area contributed by atoms with Gasteiger partial charge in [0.25, 0.3) is 5.95 Å². The molecule has 4 amide bonds. The van der Waals surface area contributed by atoms with Crippen molar-refractivity contribution in [3.8, 4) is 23.0 Å². The van der Waals surface area contributed by atoms with Crippen molar-refractivity contribution < 1.29 is 33.8 Å². The Hall–Kier alpha value is -6.77. The molecule has 5 aromatic rings. The highest BCUT2D eigenvalue weighted by molar-refractivity contribution is 5.93. The maximum Gasteiger partial charge on any atom is 0.436 e. The Morgan fingerprint density at radius 3 is 1.68 bits per heavy atom. The van der Waals surface area contributed by atoms with E-state index in [-0.39, 0.29) is 24.8 Å². The molecule has 0 aliphatic heterocycles. The molecule has 15 nitrogen and oxygen atoms in total. The lowest BCUT2D eigenvalue weighted by atomic mass is 9.67. The number of para-hydroxylation sites is 2. The van der Waals surface area contributed by atoms with E-state index >= 15 is 0 Å². The van der Waals surface area contributed by atoms with Crippen LogP contribution in [0, 0.1) is 11.8 Å². The number of nitrogens with one attached hydrogen (secondary N) is 2. The molecular weight excluding hydrogens is 716 g/mol. The zero-order valence-electron chi connectivity index (χ0n) is 31.2. The van der Waals surface area contributed by atoms with Gasteiger partial charge < -0.3 is 29.7 Å². The molecule has 1 heterocycles. The summed E-state index contributed by atoms with van der Waals surface area (Å²) in [6.45, 7) is 5.43. The van der Waals surface area contributed by atoms with Crippen LogP contribution in [-0.2, 0) is 22.7 Å². The number of hydrogen-bond acceptors (Lipinski definition) is 9. The molecule has 4 aromatic carbocycles. The highest BCUT2D eigenvalue weighted by atomic mass is 16.5. The summed E-state index contributed by atoms with van der Waals surface area (Å²) in [6.07, 6.45) is 0.0639. The van der Waals surface area contributed by atoms with Gasteiger partial charge in [0, 0.05) is 32.2 Å². The van der Waals surface area contributed by atoms with Gasteiger partial charge in [-0.25, -0.2) is 9.59 Å². The third-order valence-electron chi connectivity index (χ3n) is 9.33. The van der Waals surface area contributed by atoms with Gasteiger partial charge in [-0.3, -0.25) is 14.9 Å². The van der Waals surface area contributed by atoms with Crippen LogP contribution in [0.25, 0.3) is 0 Å². The quantitative estimate of drug-likeness (QED) is 0.0907. The van der Waals surface area contributed by atoms with E-state index in [2.05, 4.69) is 26.2 Å². The Morgan fingerprint density at radius 2 is 1.20 bits per heavy atom. The number of tetrazole rings is 1. The Morgan fingerprint density at radius 1 is 0.714 bits per heavy atom. The molecule has 1 saturated carbocycles. The van der Waals surface area contributed by atoms with Crippen LogP contribution in [-0.4, -0.2) is 78.2 Å². The molecule has 56 heavy (non-hydrogen) atoms. The molecule has 3 atom stereocenters. The van der Waals surface area contributed by atoms with Crippen LogP contribution in [0.3, 0.4) is 0 Å². The van der Waals surface area contributed by atoms with Crippen LogP contribution in [0.2, 0.25) is 0 Å². The number of carbonyl (C=O) groups is 4.